The molecule has 1 amide bonds. The normalized spacial score (nSPS) is 26.0. The first-order valence-corrected chi connectivity index (χ1v) is 11.8. The van der Waals surface area contributed by atoms with E-state index in [1.54, 1.807) is 11.8 Å². The zero-order valence-corrected chi connectivity index (χ0v) is 18.2. The lowest BCUT2D eigenvalue weighted by molar-refractivity contribution is -0.136. The van der Waals surface area contributed by atoms with Crippen LogP contribution in [0.25, 0.3) is 0 Å². The smallest absolute Gasteiger partial charge is 0.228 e. The molecular formula is C21H32N4O3S. The molecule has 0 N–H and O–H groups in total. The second-order valence-electron chi connectivity index (χ2n) is 8.21. The van der Waals surface area contributed by atoms with Gasteiger partial charge in [-0.05, 0) is 31.7 Å². The van der Waals surface area contributed by atoms with Crippen molar-refractivity contribution >= 4 is 17.7 Å². The predicted molar refractivity (Wildman–Crippen MR) is 112 cm³/mol. The summed E-state index contributed by atoms with van der Waals surface area (Å²) in [4.78, 5) is 26.8. The molecule has 7 nitrogen and oxygen atoms in total. The third-order valence-electron chi connectivity index (χ3n) is 6.13. The average Bonchev–Trinajstić information content (AvgIpc) is 3.30. The maximum Gasteiger partial charge on any atom is 0.228 e. The van der Waals surface area contributed by atoms with Crippen molar-refractivity contribution in [3.63, 3.8) is 0 Å². The summed E-state index contributed by atoms with van der Waals surface area (Å²) in [7, 11) is 0. The van der Waals surface area contributed by atoms with E-state index in [1.165, 1.54) is 0 Å². The molecule has 0 aliphatic carbocycles. The molecule has 2 atom stereocenters. The number of thioether (sulfide) groups is 1. The maximum atomic E-state index is 12.8. The number of nitrogens with zero attached hydrogens (tertiary/aromatic N) is 4. The van der Waals surface area contributed by atoms with E-state index >= 15 is 0 Å². The maximum absolute atomic E-state index is 12.8. The van der Waals surface area contributed by atoms with Gasteiger partial charge in [0.25, 0.3) is 0 Å². The van der Waals surface area contributed by atoms with E-state index < -0.39 is 0 Å². The first-order valence-electron chi connectivity index (χ1n) is 10.8. The van der Waals surface area contributed by atoms with Crippen LogP contribution in [0.5, 0.6) is 0 Å². The van der Waals surface area contributed by atoms with Crippen molar-refractivity contribution in [3.8, 4) is 0 Å². The fourth-order valence-electron chi connectivity index (χ4n) is 4.40. The van der Waals surface area contributed by atoms with E-state index in [2.05, 4.69) is 16.8 Å². The Morgan fingerprint density at radius 2 is 2.07 bits per heavy atom. The van der Waals surface area contributed by atoms with Crippen LogP contribution in [-0.4, -0.2) is 90.6 Å². The first kappa shape index (κ1) is 21.0. The van der Waals surface area contributed by atoms with Crippen molar-refractivity contribution in [2.24, 2.45) is 5.92 Å². The summed E-state index contributed by atoms with van der Waals surface area (Å²) in [5.74, 6) is 1.60. The number of hydrogen-bond donors (Lipinski definition) is 0. The van der Waals surface area contributed by atoms with Crippen LogP contribution in [0, 0.1) is 12.8 Å². The highest BCUT2D eigenvalue weighted by Crippen LogP contribution is 2.30. The number of likely N-dealkylation sites (tertiary alicyclic amines) is 1. The van der Waals surface area contributed by atoms with Crippen LogP contribution in [0.1, 0.15) is 36.4 Å². The summed E-state index contributed by atoms with van der Waals surface area (Å²) in [6.45, 7) is 9.73. The summed E-state index contributed by atoms with van der Waals surface area (Å²) in [5, 5.41) is 0.853. The van der Waals surface area contributed by atoms with Gasteiger partial charge in [-0.25, -0.2) is 9.97 Å². The van der Waals surface area contributed by atoms with E-state index in [9.17, 15) is 4.79 Å². The molecule has 3 saturated heterocycles. The van der Waals surface area contributed by atoms with Gasteiger partial charge in [0, 0.05) is 57.2 Å². The van der Waals surface area contributed by atoms with Crippen molar-refractivity contribution in [2.45, 2.75) is 37.3 Å². The minimum Gasteiger partial charge on any atom is -0.381 e. The fourth-order valence-corrected chi connectivity index (χ4v) is 5.22. The average molecular weight is 421 g/mol. The predicted octanol–water partition coefficient (Wildman–Crippen LogP) is 1.95. The van der Waals surface area contributed by atoms with E-state index in [4.69, 9.17) is 14.5 Å². The largest absolute Gasteiger partial charge is 0.381 e. The van der Waals surface area contributed by atoms with E-state index in [0.29, 0.717) is 19.1 Å². The van der Waals surface area contributed by atoms with Gasteiger partial charge in [-0.1, -0.05) is 11.8 Å². The lowest BCUT2D eigenvalue weighted by atomic mass is 9.91. The van der Waals surface area contributed by atoms with E-state index in [1.807, 2.05) is 11.1 Å². The molecule has 0 unspecified atom stereocenters. The molecule has 29 heavy (non-hydrogen) atoms. The Morgan fingerprint density at radius 3 is 2.86 bits per heavy atom. The Labute approximate surface area is 177 Å². The molecule has 0 saturated carbocycles. The molecule has 4 rings (SSSR count). The molecule has 3 aliphatic rings. The van der Waals surface area contributed by atoms with Crippen LogP contribution >= 0.6 is 11.8 Å². The molecule has 0 bridgehead atoms. The van der Waals surface area contributed by atoms with Crippen LogP contribution in [0.3, 0.4) is 0 Å². The number of rotatable bonds is 6. The Morgan fingerprint density at radius 1 is 1.21 bits per heavy atom. The molecule has 8 heteroatoms. The number of piperidine rings is 1. The molecule has 3 fully saturated rings. The lowest BCUT2D eigenvalue weighted by Gasteiger charge is -2.34. The molecule has 1 aromatic rings. The van der Waals surface area contributed by atoms with E-state index in [-0.39, 0.29) is 11.8 Å². The minimum atomic E-state index is 0.0477. The van der Waals surface area contributed by atoms with Crippen molar-refractivity contribution in [1.82, 2.24) is 19.8 Å². The molecule has 4 heterocycles. The number of aryl methyl sites for hydroxylation is 1. The number of carbonyl (C=O) groups excluding carboxylic acids is 1. The molecule has 3 aliphatic heterocycles. The molecule has 0 spiro atoms. The standard InChI is InChI=1S/C21H32N4O3S/c1-16-13-22-21(29-12-8-24-6-10-27-11-7-24)23-19(16)17-3-2-5-25(14-17)20(26)18-4-9-28-15-18/h13,17-18H,2-12,14-15H2,1H3/t17-,18-/m0/s1. The third-order valence-corrected chi connectivity index (χ3v) is 6.97. The van der Waals surface area contributed by atoms with Gasteiger partial charge >= 0.3 is 0 Å². The first-order chi connectivity index (χ1) is 14.2. The van der Waals surface area contributed by atoms with E-state index in [0.717, 1.165) is 87.4 Å². The summed E-state index contributed by atoms with van der Waals surface area (Å²) >= 11 is 1.73. The van der Waals surface area contributed by atoms with Gasteiger partial charge in [0.05, 0.1) is 31.4 Å². The van der Waals surface area contributed by atoms with Gasteiger partial charge in [0.15, 0.2) is 5.16 Å². The van der Waals surface area contributed by atoms with Crippen molar-refractivity contribution in [2.75, 3.05) is 64.9 Å². The number of aromatic nitrogens is 2. The molecule has 1 aromatic heterocycles. The van der Waals surface area contributed by atoms with Crippen molar-refractivity contribution < 1.29 is 14.3 Å². The number of amides is 1. The van der Waals surface area contributed by atoms with Crippen LogP contribution in [0.15, 0.2) is 11.4 Å². The van der Waals surface area contributed by atoms with Gasteiger partial charge < -0.3 is 14.4 Å². The molecule has 160 valence electrons. The Hall–Kier alpha value is -1.22. The van der Waals surface area contributed by atoms with Crippen molar-refractivity contribution in [3.05, 3.63) is 17.5 Å². The Bertz CT molecular complexity index is 693. The summed E-state index contributed by atoms with van der Waals surface area (Å²) < 4.78 is 10.8. The molecule has 0 aromatic carbocycles. The van der Waals surface area contributed by atoms with Gasteiger partial charge in [0.2, 0.25) is 5.91 Å². The van der Waals surface area contributed by atoms with Gasteiger partial charge in [-0.3, -0.25) is 9.69 Å². The van der Waals surface area contributed by atoms with Gasteiger partial charge in [-0.2, -0.15) is 0 Å². The lowest BCUT2D eigenvalue weighted by Crippen LogP contribution is -2.42. The fraction of sp³-hybridized carbons (Fsp3) is 0.762. The summed E-state index contributed by atoms with van der Waals surface area (Å²) in [6.07, 6.45) is 4.93. The number of hydrogen-bond acceptors (Lipinski definition) is 7. The topological polar surface area (TPSA) is 67.8 Å². The molecular weight excluding hydrogens is 388 g/mol. The Balaban J connectivity index is 1.35. The second-order valence-corrected chi connectivity index (χ2v) is 9.27. The van der Waals surface area contributed by atoms with Gasteiger partial charge in [-0.15, -0.1) is 0 Å². The van der Waals surface area contributed by atoms with Crippen LogP contribution in [0.2, 0.25) is 0 Å². The van der Waals surface area contributed by atoms with Crippen LogP contribution in [-0.2, 0) is 14.3 Å². The third kappa shape index (κ3) is 5.48. The summed E-state index contributed by atoms with van der Waals surface area (Å²) in [5.41, 5.74) is 2.25. The van der Waals surface area contributed by atoms with Crippen LogP contribution < -0.4 is 0 Å². The van der Waals surface area contributed by atoms with Crippen molar-refractivity contribution in [1.29, 1.82) is 0 Å². The highest BCUT2D eigenvalue weighted by Gasteiger charge is 2.32. The second kappa shape index (κ2) is 10.2. The number of carbonyl (C=O) groups is 1. The zero-order valence-electron chi connectivity index (χ0n) is 17.3. The minimum absolute atomic E-state index is 0.0477. The number of ether oxygens (including phenoxy) is 2. The highest BCUT2D eigenvalue weighted by atomic mass is 32.2. The number of morpholine rings is 1. The quantitative estimate of drug-likeness (QED) is 0.515. The van der Waals surface area contributed by atoms with Crippen LogP contribution in [0.4, 0.5) is 0 Å². The van der Waals surface area contributed by atoms with Gasteiger partial charge in [0.1, 0.15) is 0 Å². The monoisotopic (exact) mass is 420 g/mol. The summed E-state index contributed by atoms with van der Waals surface area (Å²) in [6, 6.07) is 0. The zero-order chi connectivity index (χ0) is 20.1. The SMILES string of the molecule is Cc1cnc(SCCN2CCOCC2)nc1[C@H]1CCCN(C(=O)[C@H]2CCOC2)C1. The highest BCUT2D eigenvalue weighted by molar-refractivity contribution is 7.99. The molecule has 0 radical (unpaired) electrons. The Kier molecular flexibility index (Phi) is 7.39.